The third kappa shape index (κ3) is 6.53. The van der Waals surface area contributed by atoms with Gasteiger partial charge in [-0.3, -0.25) is 14.5 Å². The molecule has 0 spiro atoms. The van der Waals surface area contributed by atoms with E-state index in [-0.39, 0.29) is 35.6 Å². The van der Waals surface area contributed by atoms with Crippen LogP contribution in [0.15, 0.2) is 65.6 Å². The number of alkyl halides is 2. The molecule has 0 aliphatic carbocycles. The second-order valence-electron chi connectivity index (χ2n) is 12.8. The Morgan fingerprint density at radius 3 is 2.33 bits per heavy atom. The Bertz CT molecular complexity index is 1750. The normalized spacial score (nSPS) is 20.2. The minimum atomic E-state index is -3.45. The molecule has 0 N–H and O–H groups in total. The Morgan fingerprint density at radius 1 is 0.978 bits per heavy atom. The lowest BCUT2D eigenvalue weighted by molar-refractivity contribution is -0.137. The van der Waals surface area contributed by atoms with E-state index in [0.29, 0.717) is 43.1 Å². The van der Waals surface area contributed by atoms with E-state index in [1.807, 2.05) is 43.3 Å². The van der Waals surface area contributed by atoms with Crippen LogP contribution in [0.25, 0.3) is 0 Å². The highest BCUT2D eigenvalue weighted by atomic mass is 32.2. The lowest BCUT2D eigenvalue weighted by Gasteiger charge is -2.34. The van der Waals surface area contributed by atoms with Crippen LogP contribution in [0.4, 0.5) is 14.5 Å². The first-order valence-electron chi connectivity index (χ1n) is 15.7. The molecule has 0 aromatic heterocycles. The number of halogens is 2. The Morgan fingerprint density at radius 2 is 1.67 bits per heavy atom. The van der Waals surface area contributed by atoms with Crippen LogP contribution in [0, 0.1) is 6.92 Å². The smallest absolute Gasteiger partial charge is 0.262 e. The van der Waals surface area contributed by atoms with Gasteiger partial charge in [0.1, 0.15) is 11.5 Å². The molecule has 3 heterocycles. The summed E-state index contributed by atoms with van der Waals surface area (Å²) in [6.07, 6.45) is 2.97. The molecule has 1 atom stereocenters. The molecule has 3 aliphatic heterocycles. The number of nitrogens with zero attached hydrogens (tertiary/aromatic N) is 3. The molecule has 2 amide bonds. The number of piperidine rings is 1. The van der Waals surface area contributed by atoms with Crippen LogP contribution in [0.1, 0.15) is 47.4 Å². The van der Waals surface area contributed by atoms with Gasteiger partial charge in [0, 0.05) is 38.0 Å². The maximum atomic E-state index is 13.8. The summed E-state index contributed by atoms with van der Waals surface area (Å²) in [5, 5.41) is 0. The Labute approximate surface area is 268 Å². The molecule has 8 nitrogen and oxygen atoms in total. The summed E-state index contributed by atoms with van der Waals surface area (Å²) in [6, 6.07) is 17.6. The molecular formula is C35H39F2N3O5S. The van der Waals surface area contributed by atoms with Crippen molar-refractivity contribution in [3.05, 3.63) is 82.9 Å². The van der Waals surface area contributed by atoms with Gasteiger partial charge in [-0.05, 0) is 91.7 Å². The van der Waals surface area contributed by atoms with Crippen molar-refractivity contribution in [3.8, 4) is 11.5 Å². The van der Waals surface area contributed by atoms with Gasteiger partial charge < -0.3 is 14.5 Å². The lowest BCUT2D eigenvalue weighted by Crippen LogP contribution is -2.47. The van der Waals surface area contributed by atoms with Crippen LogP contribution in [-0.2, 0) is 32.3 Å². The number of carbonyl (C=O) groups excluding carboxylic acids is 2. The van der Waals surface area contributed by atoms with E-state index in [0.717, 1.165) is 41.5 Å². The van der Waals surface area contributed by atoms with Crippen molar-refractivity contribution in [1.82, 2.24) is 9.80 Å². The molecule has 2 saturated heterocycles. The van der Waals surface area contributed by atoms with Gasteiger partial charge in [-0.15, -0.1) is 0 Å². The number of fused-ring (bicyclic) bond motifs is 1. The maximum absolute atomic E-state index is 13.8. The van der Waals surface area contributed by atoms with E-state index in [1.165, 1.54) is 11.0 Å². The van der Waals surface area contributed by atoms with Crippen molar-refractivity contribution in [3.63, 3.8) is 0 Å². The van der Waals surface area contributed by atoms with E-state index in [4.69, 9.17) is 4.74 Å². The van der Waals surface area contributed by atoms with Crippen LogP contribution >= 0.6 is 0 Å². The molecule has 2 fully saturated rings. The highest BCUT2D eigenvalue weighted by Gasteiger charge is 2.47. The van der Waals surface area contributed by atoms with Crippen molar-refractivity contribution in [2.24, 2.45) is 0 Å². The van der Waals surface area contributed by atoms with Crippen LogP contribution < -0.4 is 9.64 Å². The van der Waals surface area contributed by atoms with Crippen molar-refractivity contribution < 1.29 is 31.5 Å². The second kappa shape index (κ2) is 12.4. The van der Waals surface area contributed by atoms with E-state index in [1.54, 1.807) is 35.0 Å². The molecule has 244 valence electrons. The van der Waals surface area contributed by atoms with Crippen molar-refractivity contribution in [2.45, 2.75) is 61.8 Å². The number of sulfone groups is 1. The van der Waals surface area contributed by atoms with Crippen molar-refractivity contribution in [2.75, 3.05) is 44.4 Å². The van der Waals surface area contributed by atoms with Crippen LogP contribution in [0.2, 0.25) is 0 Å². The van der Waals surface area contributed by atoms with Crippen LogP contribution in [0.3, 0.4) is 0 Å². The van der Waals surface area contributed by atoms with Crippen molar-refractivity contribution >= 4 is 27.3 Å². The van der Waals surface area contributed by atoms with Crippen LogP contribution in [-0.4, -0.2) is 81.5 Å². The number of rotatable bonds is 7. The van der Waals surface area contributed by atoms with Crippen molar-refractivity contribution in [1.29, 1.82) is 0 Å². The second-order valence-corrected chi connectivity index (χ2v) is 14.8. The predicted molar refractivity (Wildman–Crippen MR) is 172 cm³/mol. The highest BCUT2D eigenvalue weighted by Crippen LogP contribution is 2.39. The SMILES string of the molecule is Cc1c(Oc2ccc(C3CCN(C(=O)[C@@H]4CC(F)(F)CN4C)CC3)cc2)ccc2c1CCN2C(=O)Cc1ccccc1S(C)(=O)=O. The molecule has 0 saturated carbocycles. The molecule has 3 aromatic carbocycles. The summed E-state index contributed by atoms with van der Waals surface area (Å²) < 4.78 is 58.3. The quantitative estimate of drug-likeness (QED) is 0.342. The molecule has 3 aliphatic rings. The van der Waals surface area contributed by atoms with E-state index in [9.17, 15) is 26.8 Å². The Kier molecular flexibility index (Phi) is 8.67. The first kappa shape index (κ1) is 32.1. The number of hydrogen-bond acceptors (Lipinski definition) is 6. The fourth-order valence-corrected chi connectivity index (χ4v) is 8.05. The monoisotopic (exact) mass is 651 g/mol. The minimum absolute atomic E-state index is 0.00155. The van der Waals surface area contributed by atoms with Gasteiger partial charge in [0.05, 0.1) is 23.9 Å². The summed E-state index contributed by atoms with van der Waals surface area (Å²) >= 11 is 0. The van der Waals surface area contributed by atoms with E-state index in [2.05, 4.69) is 0 Å². The number of anilines is 1. The molecule has 11 heteroatoms. The predicted octanol–water partition coefficient (Wildman–Crippen LogP) is 5.37. The van der Waals surface area contributed by atoms with Gasteiger partial charge in [0.2, 0.25) is 11.8 Å². The summed E-state index contributed by atoms with van der Waals surface area (Å²) in [4.78, 5) is 31.3. The number of benzene rings is 3. The highest BCUT2D eigenvalue weighted by molar-refractivity contribution is 7.90. The number of likely N-dealkylation sites (tertiary alicyclic amines) is 2. The molecule has 46 heavy (non-hydrogen) atoms. The first-order valence-corrected chi connectivity index (χ1v) is 17.6. The lowest BCUT2D eigenvalue weighted by atomic mass is 9.89. The van der Waals surface area contributed by atoms with Crippen LogP contribution in [0.5, 0.6) is 11.5 Å². The molecular weight excluding hydrogens is 612 g/mol. The number of likely N-dealkylation sites (N-methyl/N-ethyl adjacent to an activating group) is 1. The number of amides is 2. The first-order chi connectivity index (χ1) is 21.8. The van der Waals surface area contributed by atoms with E-state index < -0.39 is 28.2 Å². The summed E-state index contributed by atoms with van der Waals surface area (Å²) in [6.45, 7) is 3.23. The van der Waals surface area contributed by atoms with Gasteiger partial charge in [0.15, 0.2) is 9.84 Å². The third-order valence-corrected chi connectivity index (χ3v) is 10.8. The van der Waals surface area contributed by atoms with Gasteiger partial charge in [0.25, 0.3) is 5.92 Å². The summed E-state index contributed by atoms with van der Waals surface area (Å²) in [7, 11) is -1.86. The zero-order valence-corrected chi connectivity index (χ0v) is 27.2. The topological polar surface area (TPSA) is 87.2 Å². The fourth-order valence-electron chi connectivity index (χ4n) is 7.11. The molecule has 0 radical (unpaired) electrons. The summed E-state index contributed by atoms with van der Waals surface area (Å²) in [5.41, 5.74) is 4.46. The molecule has 3 aromatic rings. The largest absolute Gasteiger partial charge is 0.457 e. The van der Waals surface area contributed by atoms with E-state index >= 15 is 0 Å². The maximum Gasteiger partial charge on any atom is 0.262 e. The minimum Gasteiger partial charge on any atom is -0.457 e. The average molecular weight is 652 g/mol. The molecule has 0 bridgehead atoms. The van der Waals surface area contributed by atoms with Gasteiger partial charge in [-0.2, -0.15) is 0 Å². The van der Waals surface area contributed by atoms with Gasteiger partial charge in [-0.1, -0.05) is 30.3 Å². The number of ether oxygens (including phenoxy) is 1. The number of carbonyl (C=O) groups is 2. The Balaban J connectivity index is 1.07. The number of hydrogen-bond donors (Lipinski definition) is 0. The fraction of sp³-hybridized carbons (Fsp3) is 0.429. The molecule has 6 rings (SSSR count). The average Bonchev–Trinajstić information content (AvgIpc) is 3.58. The third-order valence-electron chi connectivity index (χ3n) is 9.59. The summed E-state index contributed by atoms with van der Waals surface area (Å²) in [5.74, 6) is -1.50. The van der Waals surface area contributed by atoms with Gasteiger partial charge >= 0.3 is 0 Å². The standard InChI is InChI=1S/C35H39F2N3O5S/c1-23-28-16-19-40(33(41)20-26-6-4-5-7-32(26)46(3,43)44)29(28)12-13-31(23)45-27-10-8-24(9-11-27)25-14-17-39(18-15-25)34(42)30-21-35(36,37)22-38(30)2/h4-13,25,30H,14-22H2,1-3H3/t30-/m0/s1. The zero-order valence-electron chi connectivity index (χ0n) is 26.3. The zero-order chi connectivity index (χ0) is 32.8. The Hall–Kier alpha value is -3.83. The van der Waals surface area contributed by atoms with Gasteiger partial charge in [-0.25, -0.2) is 17.2 Å². The molecule has 0 unspecified atom stereocenters.